The first-order valence-electron chi connectivity index (χ1n) is 8.73. The first kappa shape index (κ1) is 19.8. The standard InChI is InChI=1S/C19H28N4O3/c1-5-18(21-16-7-6-8-17(11-16)26-4)19(24)23(9-10-25-3)14-15-12-20-22(2)13-15/h6-8,11-13,18,21H,5,9-10,14H2,1-4H3/t18-/m1/s1. The number of aryl methyl sites for hydroxylation is 1. The van der Waals surface area contributed by atoms with Crippen LogP contribution in [-0.2, 0) is 23.1 Å². The number of methoxy groups -OCH3 is 2. The van der Waals surface area contributed by atoms with E-state index < -0.39 is 0 Å². The molecule has 0 unspecified atom stereocenters. The number of benzene rings is 1. The number of hydrogen-bond acceptors (Lipinski definition) is 5. The number of carbonyl (C=O) groups is 1. The first-order chi connectivity index (χ1) is 12.6. The lowest BCUT2D eigenvalue weighted by Gasteiger charge is -2.27. The van der Waals surface area contributed by atoms with Crippen molar-refractivity contribution in [2.75, 3.05) is 32.7 Å². The number of ether oxygens (including phenoxy) is 2. The average Bonchev–Trinajstić information content (AvgIpc) is 3.07. The summed E-state index contributed by atoms with van der Waals surface area (Å²) in [5.74, 6) is 0.792. The van der Waals surface area contributed by atoms with Crippen molar-refractivity contribution in [3.63, 3.8) is 0 Å². The third-order valence-corrected chi connectivity index (χ3v) is 4.13. The topological polar surface area (TPSA) is 68.6 Å². The van der Waals surface area contributed by atoms with Crippen molar-refractivity contribution in [3.05, 3.63) is 42.2 Å². The maximum Gasteiger partial charge on any atom is 0.245 e. The molecule has 0 bridgehead atoms. The smallest absolute Gasteiger partial charge is 0.245 e. The molecule has 7 heteroatoms. The van der Waals surface area contributed by atoms with Gasteiger partial charge in [0, 0.05) is 50.8 Å². The van der Waals surface area contributed by atoms with Crippen LogP contribution in [0.1, 0.15) is 18.9 Å². The monoisotopic (exact) mass is 360 g/mol. The Kier molecular flexibility index (Phi) is 7.47. The van der Waals surface area contributed by atoms with Crippen molar-refractivity contribution in [1.29, 1.82) is 0 Å². The van der Waals surface area contributed by atoms with E-state index in [1.54, 1.807) is 25.1 Å². The second-order valence-corrected chi connectivity index (χ2v) is 6.11. The van der Waals surface area contributed by atoms with Crippen LogP contribution in [0.5, 0.6) is 5.75 Å². The Hall–Kier alpha value is -2.54. The Balaban J connectivity index is 2.11. The van der Waals surface area contributed by atoms with Crippen molar-refractivity contribution < 1.29 is 14.3 Å². The second-order valence-electron chi connectivity index (χ2n) is 6.11. The van der Waals surface area contributed by atoms with Crippen LogP contribution in [-0.4, -0.2) is 54.0 Å². The maximum absolute atomic E-state index is 13.1. The van der Waals surface area contributed by atoms with Crippen LogP contribution in [0, 0.1) is 0 Å². The summed E-state index contributed by atoms with van der Waals surface area (Å²) in [6.45, 7) is 3.52. The number of anilines is 1. The molecule has 1 aromatic heterocycles. The van der Waals surface area contributed by atoms with Gasteiger partial charge in [-0.3, -0.25) is 9.48 Å². The molecule has 0 fully saturated rings. The van der Waals surface area contributed by atoms with Crippen molar-refractivity contribution in [1.82, 2.24) is 14.7 Å². The van der Waals surface area contributed by atoms with Crippen LogP contribution >= 0.6 is 0 Å². The van der Waals surface area contributed by atoms with Crippen LogP contribution in [0.2, 0.25) is 0 Å². The van der Waals surface area contributed by atoms with Crippen molar-refractivity contribution in [2.45, 2.75) is 25.9 Å². The summed E-state index contributed by atoms with van der Waals surface area (Å²) in [4.78, 5) is 14.9. The zero-order valence-electron chi connectivity index (χ0n) is 15.9. The molecule has 0 aliphatic heterocycles. The van der Waals surface area contributed by atoms with E-state index in [4.69, 9.17) is 9.47 Å². The van der Waals surface area contributed by atoms with Crippen LogP contribution < -0.4 is 10.1 Å². The zero-order chi connectivity index (χ0) is 18.9. The highest BCUT2D eigenvalue weighted by molar-refractivity contribution is 5.84. The fraction of sp³-hybridized carbons (Fsp3) is 0.474. The molecule has 1 N–H and O–H groups in total. The third kappa shape index (κ3) is 5.49. The molecule has 1 aromatic carbocycles. The fourth-order valence-electron chi connectivity index (χ4n) is 2.72. The molecule has 7 nitrogen and oxygen atoms in total. The van der Waals surface area contributed by atoms with E-state index in [0.717, 1.165) is 17.0 Å². The molecule has 142 valence electrons. The predicted molar refractivity (Wildman–Crippen MR) is 101 cm³/mol. The largest absolute Gasteiger partial charge is 0.497 e. The SMILES string of the molecule is CC[C@@H](Nc1cccc(OC)c1)C(=O)N(CCOC)Cc1cnn(C)c1. The first-order valence-corrected chi connectivity index (χ1v) is 8.73. The lowest BCUT2D eigenvalue weighted by molar-refractivity contribution is -0.133. The minimum Gasteiger partial charge on any atom is -0.497 e. The Morgan fingerprint density at radius 1 is 1.38 bits per heavy atom. The van der Waals surface area contributed by atoms with E-state index in [-0.39, 0.29) is 11.9 Å². The van der Waals surface area contributed by atoms with Gasteiger partial charge in [0.2, 0.25) is 5.91 Å². The number of rotatable bonds is 10. The van der Waals surface area contributed by atoms with Crippen LogP contribution in [0.25, 0.3) is 0 Å². The zero-order valence-corrected chi connectivity index (χ0v) is 15.9. The van der Waals surface area contributed by atoms with Gasteiger partial charge in [0.15, 0.2) is 0 Å². The molecule has 0 radical (unpaired) electrons. The molecule has 1 heterocycles. The molecule has 0 spiro atoms. The highest BCUT2D eigenvalue weighted by atomic mass is 16.5. The molecule has 1 atom stereocenters. The van der Waals surface area contributed by atoms with E-state index in [1.165, 1.54) is 0 Å². The molecule has 2 aromatic rings. The Morgan fingerprint density at radius 3 is 2.81 bits per heavy atom. The highest BCUT2D eigenvalue weighted by Crippen LogP contribution is 2.19. The van der Waals surface area contributed by atoms with E-state index in [1.807, 2.05) is 49.3 Å². The Labute approximate surface area is 154 Å². The normalized spacial score (nSPS) is 11.8. The van der Waals surface area contributed by atoms with E-state index in [9.17, 15) is 4.79 Å². The van der Waals surface area contributed by atoms with Gasteiger partial charge in [0.05, 0.1) is 19.9 Å². The summed E-state index contributed by atoms with van der Waals surface area (Å²) in [5, 5.41) is 7.50. The Morgan fingerprint density at radius 2 is 2.19 bits per heavy atom. The number of carbonyl (C=O) groups excluding carboxylic acids is 1. The number of aromatic nitrogens is 2. The summed E-state index contributed by atoms with van der Waals surface area (Å²) in [7, 11) is 5.13. The molecule has 1 amide bonds. The van der Waals surface area contributed by atoms with Crippen molar-refractivity contribution in [3.8, 4) is 5.75 Å². The Bertz CT molecular complexity index is 702. The van der Waals surface area contributed by atoms with Gasteiger partial charge < -0.3 is 19.7 Å². The van der Waals surface area contributed by atoms with Crippen molar-refractivity contribution >= 4 is 11.6 Å². The number of amides is 1. The summed E-state index contributed by atoms with van der Waals surface area (Å²) in [6, 6.07) is 7.27. The van der Waals surface area contributed by atoms with E-state index in [2.05, 4.69) is 10.4 Å². The van der Waals surface area contributed by atoms with Gasteiger partial charge >= 0.3 is 0 Å². The molecule has 0 aliphatic carbocycles. The van der Waals surface area contributed by atoms with Gasteiger partial charge in [0.25, 0.3) is 0 Å². The van der Waals surface area contributed by atoms with Gasteiger partial charge in [-0.05, 0) is 18.6 Å². The summed E-state index contributed by atoms with van der Waals surface area (Å²) in [5.41, 5.74) is 1.85. The number of nitrogens with zero attached hydrogens (tertiary/aromatic N) is 3. The van der Waals surface area contributed by atoms with Gasteiger partial charge in [-0.1, -0.05) is 13.0 Å². The lowest BCUT2D eigenvalue weighted by Crippen LogP contribution is -2.43. The molecule has 0 aliphatic rings. The maximum atomic E-state index is 13.1. The summed E-state index contributed by atoms with van der Waals surface area (Å²) < 4.78 is 12.2. The minimum absolute atomic E-state index is 0.0382. The molecular formula is C19H28N4O3. The number of hydrogen-bond donors (Lipinski definition) is 1. The summed E-state index contributed by atoms with van der Waals surface area (Å²) in [6.07, 6.45) is 4.37. The van der Waals surface area contributed by atoms with Gasteiger partial charge in [0.1, 0.15) is 11.8 Å². The quantitative estimate of drug-likeness (QED) is 0.704. The molecule has 2 rings (SSSR count). The van der Waals surface area contributed by atoms with E-state index in [0.29, 0.717) is 26.1 Å². The van der Waals surface area contributed by atoms with Crippen LogP contribution in [0.3, 0.4) is 0 Å². The molecule has 26 heavy (non-hydrogen) atoms. The molecule has 0 saturated heterocycles. The van der Waals surface area contributed by atoms with Gasteiger partial charge in [-0.25, -0.2) is 0 Å². The highest BCUT2D eigenvalue weighted by Gasteiger charge is 2.23. The number of nitrogens with one attached hydrogen (secondary N) is 1. The minimum atomic E-state index is -0.323. The van der Waals surface area contributed by atoms with Gasteiger partial charge in [-0.2, -0.15) is 5.10 Å². The fourth-order valence-corrected chi connectivity index (χ4v) is 2.72. The van der Waals surface area contributed by atoms with Gasteiger partial charge in [-0.15, -0.1) is 0 Å². The van der Waals surface area contributed by atoms with Crippen LogP contribution in [0.4, 0.5) is 5.69 Å². The van der Waals surface area contributed by atoms with E-state index >= 15 is 0 Å². The van der Waals surface area contributed by atoms with Crippen molar-refractivity contribution in [2.24, 2.45) is 7.05 Å². The third-order valence-electron chi connectivity index (χ3n) is 4.13. The molecular weight excluding hydrogens is 332 g/mol. The van der Waals surface area contributed by atoms with Crippen LogP contribution in [0.15, 0.2) is 36.7 Å². The average molecular weight is 360 g/mol. The predicted octanol–water partition coefficient (Wildman–Crippen LogP) is 2.29. The lowest BCUT2D eigenvalue weighted by atomic mass is 10.1. The second kappa shape index (κ2) is 9.82. The summed E-state index contributed by atoms with van der Waals surface area (Å²) >= 11 is 0. The molecule has 0 saturated carbocycles.